The molecule has 160 valence electrons. The lowest BCUT2D eigenvalue weighted by Crippen LogP contribution is -2.30. The van der Waals surface area contributed by atoms with Crippen molar-refractivity contribution in [2.45, 2.75) is 45.8 Å². The number of aromatic amines is 2. The Balaban J connectivity index is 1.53. The average Bonchev–Trinajstić information content (AvgIpc) is 3.35. The van der Waals surface area contributed by atoms with Crippen LogP contribution >= 0.6 is 0 Å². The molecule has 8 nitrogen and oxygen atoms in total. The summed E-state index contributed by atoms with van der Waals surface area (Å²) >= 11 is 0. The van der Waals surface area contributed by atoms with Crippen LogP contribution in [-0.4, -0.2) is 26.3 Å². The number of anilines is 2. The number of unbranched alkanes of at least 4 members (excludes halogenated alkanes) is 2. The Morgan fingerprint density at radius 2 is 1.94 bits per heavy atom. The number of fused-ring (bicyclic) bond motifs is 1. The van der Waals surface area contributed by atoms with Gasteiger partial charge in [-0.1, -0.05) is 49.3 Å². The molecule has 3 heterocycles. The van der Waals surface area contributed by atoms with Crippen molar-refractivity contribution < 1.29 is 0 Å². The highest BCUT2D eigenvalue weighted by Gasteiger charge is 2.33. The van der Waals surface area contributed by atoms with Crippen molar-refractivity contribution in [3.63, 3.8) is 0 Å². The smallest absolute Gasteiger partial charge is 0.327 e. The number of nitrogens with one attached hydrogen (secondary N) is 3. The molecule has 8 heteroatoms. The molecular weight excluding hydrogens is 392 g/mol. The van der Waals surface area contributed by atoms with Crippen LogP contribution in [0.15, 0.2) is 46.2 Å². The highest BCUT2D eigenvalue weighted by atomic mass is 16.2. The molecule has 1 aliphatic rings. The van der Waals surface area contributed by atoms with E-state index in [1.54, 1.807) is 10.9 Å². The maximum absolute atomic E-state index is 12.3. The van der Waals surface area contributed by atoms with Gasteiger partial charge in [0.2, 0.25) is 0 Å². The van der Waals surface area contributed by atoms with Gasteiger partial charge < -0.3 is 10.2 Å². The van der Waals surface area contributed by atoms with Gasteiger partial charge in [-0.05, 0) is 25.5 Å². The van der Waals surface area contributed by atoms with Gasteiger partial charge in [-0.25, -0.2) is 4.79 Å². The number of hydrogen-bond donors (Lipinski definition) is 3. The van der Waals surface area contributed by atoms with Gasteiger partial charge in [-0.2, -0.15) is 5.10 Å². The van der Waals surface area contributed by atoms with Crippen LogP contribution in [0.2, 0.25) is 0 Å². The van der Waals surface area contributed by atoms with Crippen LogP contribution in [0.1, 0.15) is 49.0 Å². The second kappa shape index (κ2) is 8.96. The Labute approximate surface area is 180 Å². The molecule has 0 fully saturated rings. The lowest BCUT2D eigenvalue weighted by molar-refractivity contribution is 0.635. The number of nitrogens with zero attached hydrogens (tertiary/aromatic N) is 3. The molecule has 0 spiro atoms. The molecule has 3 N–H and O–H groups in total. The van der Waals surface area contributed by atoms with Gasteiger partial charge in [0.25, 0.3) is 5.56 Å². The highest BCUT2D eigenvalue weighted by molar-refractivity contribution is 5.71. The molecular formula is C23H26N6O2. The minimum Gasteiger partial charge on any atom is -0.354 e. The maximum atomic E-state index is 12.3. The molecule has 31 heavy (non-hydrogen) atoms. The summed E-state index contributed by atoms with van der Waals surface area (Å²) in [4.78, 5) is 31.2. The Bertz CT molecular complexity index is 1230. The predicted octanol–water partition coefficient (Wildman–Crippen LogP) is 2.74. The minimum atomic E-state index is -0.506. The molecule has 2 aromatic heterocycles. The zero-order chi connectivity index (χ0) is 21.8. The van der Waals surface area contributed by atoms with Gasteiger partial charge in [-0.3, -0.25) is 19.4 Å². The lowest BCUT2D eigenvalue weighted by Gasteiger charge is -2.25. The van der Waals surface area contributed by atoms with Crippen LogP contribution < -0.4 is 21.5 Å². The summed E-state index contributed by atoms with van der Waals surface area (Å²) in [7, 11) is 0. The molecule has 0 radical (unpaired) electrons. The van der Waals surface area contributed by atoms with Crippen molar-refractivity contribution in [3.05, 3.63) is 74.2 Å². The molecule has 0 amide bonds. The number of H-pyrrole nitrogens is 2. The fourth-order valence-corrected chi connectivity index (χ4v) is 3.67. The first-order valence-electron chi connectivity index (χ1n) is 10.5. The van der Waals surface area contributed by atoms with Crippen molar-refractivity contribution in [1.29, 1.82) is 0 Å². The molecule has 3 aromatic rings. The molecule has 1 aromatic carbocycles. The second-order valence-corrected chi connectivity index (χ2v) is 7.72. The van der Waals surface area contributed by atoms with Crippen LogP contribution in [0.25, 0.3) is 0 Å². The minimum absolute atomic E-state index is 0.273. The van der Waals surface area contributed by atoms with Crippen LogP contribution in [-0.2, 0) is 6.54 Å². The SMILES string of the molecule is CCCCCN1c2[nH]c(=O)[nH]c(=O)c2NC1c1cnn(CC#Cc2ccc(C)cc2)c1. The molecule has 1 unspecified atom stereocenters. The first-order valence-corrected chi connectivity index (χ1v) is 10.5. The summed E-state index contributed by atoms with van der Waals surface area (Å²) in [6.45, 7) is 5.37. The van der Waals surface area contributed by atoms with Gasteiger partial charge in [-0.15, -0.1) is 0 Å². The molecule has 1 atom stereocenters. The van der Waals surface area contributed by atoms with E-state index in [9.17, 15) is 9.59 Å². The Morgan fingerprint density at radius 3 is 2.71 bits per heavy atom. The van der Waals surface area contributed by atoms with Crippen LogP contribution in [0.3, 0.4) is 0 Å². The van der Waals surface area contributed by atoms with E-state index >= 15 is 0 Å². The van der Waals surface area contributed by atoms with Crippen molar-refractivity contribution in [2.24, 2.45) is 0 Å². The molecule has 1 aliphatic heterocycles. The third kappa shape index (κ3) is 4.56. The van der Waals surface area contributed by atoms with E-state index in [2.05, 4.69) is 39.1 Å². The van der Waals surface area contributed by atoms with Gasteiger partial charge in [0, 0.05) is 23.9 Å². The maximum Gasteiger partial charge on any atom is 0.327 e. The average molecular weight is 419 g/mol. The van der Waals surface area contributed by atoms with Crippen LogP contribution in [0.4, 0.5) is 11.5 Å². The van der Waals surface area contributed by atoms with Crippen molar-refractivity contribution in [1.82, 2.24) is 19.7 Å². The van der Waals surface area contributed by atoms with E-state index in [0.717, 1.165) is 36.9 Å². The number of hydrogen-bond acceptors (Lipinski definition) is 5. The van der Waals surface area contributed by atoms with E-state index in [1.807, 2.05) is 42.3 Å². The van der Waals surface area contributed by atoms with Crippen molar-refractivity contribution >= 4 is 11.5 Å². The Hall–Kier alpha value is -3.73. The third-order valence-corrected chi connectivity index (χ3v) is 5.30. The van der Waals surface area contributed by atoms with Gasteiger partial charge >= 0.3 is 5.69 Å². The molecule has 0 aliphatic carbocycles. The van der Waals surface area contributed by atoms with Gasteiger partial charge in [0.1, 0.15) is 24.2 Å². The fraction of sp³-hybridized carbons (Fsp3) is 0.348. The number of benzene rings is 1. The summed E-state index contributed by atoms with van der Waals surface area (Å²) in [5.41, 5.74) is 2.54. The zero-order valence-corrected chi connectivity index (χ0v) is 17.7. The lowest BCUT2D eigenvalue weighted by atomic mass is 10.2. The summed E-state index contributed by atoms with van der Waals surface area (Å²) in [5.74, 6) is 6.82. The first-order chi connectivity index (χ1) is 15.0. The summed E-state index contributed by atoms with van der Waals surface area (Å²) in [6.07, 6.45) is 6.54. The predicted molar refractivity (Wildman–Crippen MR) is 121 cm³/mol. The quantitative estimate of drug-likeness (QED) is 0.422. The summed E-state index contributed by atoms with van der Waals surface area (Å²) in [5, 5.41) is 7.68. The molecule has 0 saturated carbocycles. The largest absolute Gasteiger partial charge is 0.354 e. The summed E-state index contributed by atoms with van der Waals surface area (Å²) in [6, 6.07) is 8.09. The summed E-state index contributed by atoms with van der Waals surface area (Å²) < 4.78 is 1.78. The Kier molecular flexibility index (Phi) is 5.94. The molecule has 0 bridgehead atoms. The third-order valence-electron chi connectivity index (χ3n) is 5.30. The first kappa shape index (κ1) is 20.5. The van der Waals surface area contributed by atoms with Crippen molar-refractivity contribution in [2.75, 3.05) is 16.8 Å². The van der Waals surface area contributed by atoms with Crippen molar-refractivity contribution in [3.8, 4) is 11.8 Å². The van der Waals surface area contributed by atoms with Gasteiger partial charge in [0.15, 0.2) is 0 Å². The van der Waals surface area contributed by atoms with E-state index in [1.165, 1.54) is 5.56 Å². The second-order valence-electron chi connectivity index (χ2n) is 7.72. The van der Waals surface area contributed by atoms with E-state index in [0.29, 0.717) is 18.1 Å². The normalized spacial score (nSPS) is 14.6. The van der Waals surface area contributed by atoms with Gasteiger partial charge in [0.05, 0.1) is 6.20 Å². The zero-order valence-electron chi connectivity index (χ0n) is 17.7. The standard InChI is InChI=1S/C23H26N6O2/c1-3-4-5-13-29-20(25-19-21(29)26-23(31)27-22(19)30)18-14-24-28(15-18)12-6-7-17-10-8-16(2)9-11-17/h8-11,14-15,20,25H,3-5,12-13H2,1-2H3,(H2,26,27,30,31). The van der Waals surface area contributed by atoms with Crippen LogP contribution in [0, 0.1) is 18.8 Å². The topological polar surface area (TPSA) is 98.8 Å². The number of rotatable bonds is 6. The van der Waals surface area contributed by atoms with Crippen LogP contribution in [0.5, 0.6) is 0 Å². The van der Waals surface area contributed by atoms with E-state index < -0.39 is 11.2 Å². The van der Waals surface area contributed by atoms with E-state index in [4.69, 9.17) is 0 Å². The van der Waals surface area contributed by atoms with E-state index in [-0.39, 0.29) is 6.17 Å². The molecule has 4 rings (SSSR count). The number of aryl methyl sites for hydroxylation is 1. The highest BCUT2D eigenvalue weighted by Crippen LogP contribution is 2.36. The Morgan fingerprint density at radius 1 is 1.13 bits per heavy atom. The number of aromatic nitrogens is 4. The monoisotopic (exact) mass is 418 g/mol. The molecule has 0 saturated heterocycles. The fourth-order valence-electron chi connectivity index (χ4n) is 3.67.